The number of methoxy groups -OCH3 is 2. The Balaban J connectivity index is 2.48. The van der Waals surface area contributed by atoms with Gasteiger partial charge in [-0.1, -0.05) is 0 Å². The van der Waals surface area contributed by atoms with E-state index in [4.69, 9.17) is 15.2 Å². The zero-order valence-corrected chi connectivity index (χ0v) is 9.77. The van der Waals surface area contributed by atoms with Crippen molar-refractivity contribution in [2.45, 2.75) is 12.8 Å². The molecule has 2 rings (SSSR count). The summed E-state index contributed by atoms with van der Waals surface area (Å²) in [5, 5.41) is 0. The number of benzene rings is 1. The lowest BCUT2D eigenvalue weighted by Crippen LogP contribution is -2.27. The lowest BCUT2D eigenvalue weighted by Gasteiger charge is -2.13. The molecule has 0 bridgehead atoms. The molecular weight excluding hydrogens is 222 g/mol. The Morgan fingerprint density at radius 3 is 2.76 bits per heavy atom. The summed E-state index contributed by atoms with van der Waals surface area (Å²) in [5.74, 6) is 0. The lowest BCUT2D eigenvalue weighted by atomic mass is 10.3. The Morgan fingerprint density at radius 1 is 1.41 bits per heavy atom. The van der Waals surface area contributed by atoms with Crippen molar-refractivity contribution in [2.24, 2.45) is 0 Å². The summed E-state index contributed by atoms with van der Waals surface area (Å²) in [6.07, 6.45) is -0.465. The van der Waals surface area contributed by atoms with Gasteiger partial charge >= 0.3 is 5.69 Å². The monoisotopic (exact) mass is 237 g/mol. The first-order chi connectivity index (χ1) is 8.15. The third-order valence-corrected chi connectivity index (χ3v) is 2.66. The molecule has 1 aromatic carbocycles. The number of hydrogen-bond acceptors (Lipinski definition) is 4. The normalized spacial score (nSPS) is 11.5. The summed E-state index contributed by atoms with van der Waals surface area (Å²) in [7, 11) is 3.06. The molecule has 0 amide bonds. The van der Waals surface area contributed by atoms with Crippen LogP contribution in [0.2, 0.25) is 0 Å². The SMILES string of the molecule is COC(Cn1c(=O)[nH]c2ccc(N)cc21)OC. The molecule has 0 spiro atoms. The molecule has 2 aromatic rings. The Kier molecular flexibility index (Phi) is 3.16. The van der Waals surface area contributed by atoms with Gasteiger partial charge in [0.15, 0.2) is 6.29 Å². The Hall–Kier alpha value is -1.79. The quantitative estimate of drug-likeness (QED) is 0.600. The van der Waals surface area contributed by atoms with Crippen LogP contribution in [0.3, 0.4) is 0 Å². The van der Waals surface area contributed by atoms with Crippen LogP contribution in [-0.4, -0.2) is 30.1 Å². The number of rotatable bonds is 4. The number of nitrogens with zero attached hydrogens (tertiary/aromatic N) is 1. The Labute approximate surface area is 97.9 Å². The van der Waals surface area contributed by atoms with Gasteiger partial charge in [0.2, 0.25) is 0 Å². The fraction of sp³-hybridized carbons (Fsp3) is 0.364. The minimum Gasteiger partial charge on any atom is -0.399 e. The van der Waals surface area contributed by atoms with Crippen LogP contribution in [0.25, 0.3) is 11.0 Å². The van der Waals surface area contributed by atoms with Gasteiger partial charge in [-0.15, -0.1) is 0 Å². The predicted molar refractivity (Wildman–Crippen MR) is 64.8 cm³/mol. The number of H-pyrrole nitrogens is 1. The molecule has 0 radical (unpaired) electrons. The van der Waals surface area contributed by atoms with Crippen LogP contribution in [0.5, 0.6) is 0 Å². The maximum absolute atomic E-state index is 11.8. The number of imidazole rings is 1. The van der Waals surface area contributed by atoms with Crippen LogP contribution in [0.15, 0.2) is 23.0 Å². The van der Waals surface area contributed by atoms with Crippen molar-refractivity contribution in [3.05, 3.63) is 28.7 Å². The second-order valence-corrected chi connectivity index (χ2v) is 3.72. The Morgan fingerprint density at radius 2 is 2.12 bits per heavy atom. The summed E-state index contributed by atoms with van der Waals surface area (Å²) >= 11 is 0. The Bertz CT molecular complexity index is 569. The van der Waals surface area contributed by atoms with E-state index in [0.29, 0.717) is 12.2 Å². The van der Waals surface area contributed by atoms with E-state index in [-0.39, 0.29) is 5.69 Å². The van der Waals surface area contributed by atoms with Crippen molar-refractivity contribution in [3.63, 3.8) is 0 Å². The summed E-state index contributed by atoms with van der Waals surface area (Å²) in [6, 6.07) is 5.26. The van der Waals surface area contributed by atoms with Crippen LogP contribution in [0.1, 0.15) is 0 Å². The summed E-state index contributed by atoms with van der Waals surface area (Å²) in [5.41, 5.74) is 7.60. The second kappa shape index (κ2) is 4.60. The molecule has 6 heteroatoms. The van der Waals surface area contributed by atoms with E-state index in [2.05, 4.69) is 4.98 Å². The molecule has 6 nitrogen and oxygen atoms in total. The molecular formula is C11H15N3O3. The summed E-state index contributed by atoms with van der Waals surface area (Å²) in [4.78, 5) is 14.5. The first-order valence-corrected chi connectivity index (χ1v) is 5.19. The third kappa shape index (κ3) is 2.17. The van der Waals surface area contributed by atoms with E-state index < -0.39 is 6.29 Å². The van der Waals surface area contributed by atoms with Crippen LogP contribution >= 0.6 is 0 Å². The van der Waals surface area contributed by atoms with Crippen molar-refractivity contribution in [3.8, 4) is 0 Å². The molecule has 0 unspecified atom stereocenters. The smallest absolute Gasteiger partial charge is 0.326 e. The zero-order chi connectivity index (χ0) is 12.4. The molecule has 3 N–H and O–H groups in total. The maximum Gasteiger partial charge on any atom is 0.326 e. The first kappa shape index (κ1) is 11.7. The van der Waals surface area contributed by atoms with E-state index in [1.54, 1.807) is 22.8 Å². The molecule has 0 aliphatic rings. The largest absolute Gasteiger partial charge is 0.399 e. The van der Waals surface area contributed by atoms with Crippen LogP contribution in [0.4, 0.5) is 5.69 Å². The van der Waals surface area contributed by atoms with Gasteiger partial charge in [0.25, 0.3) is 0 Å². The van der Waals surface area contributed by atoms with Crippen molar-refractivity contribution >= 4 is 16.7 Å². The fourth-order valence-electron chi connectivity index (χ4n) is 1.75. The summed E-state index contributed by atoms with van der Waals surface area (Å²) < 4.78 is 11.7. The first-order valence-electron chi connectivity index (χ1n) is 5.19. The molecule has 0 aliphatic carbocycles. The highest BCUT2D eigenvalue weighted by molar-refractivity contribution is 5.78. The number of nitrogens with one attached hydrogen (secondary N) is 1. The van der Waals surface area contributed by atoms with E-state index in [1.807, 2.05) is 0 Å². The highest BCUT2D eigenvalue weighted by Gasteiger charge is 2.12. The number of aromatic amines is 1. The molecule has 0 aliphatic heterocycles. The fourth-order valence-corrected chi connectivity index (χ4v) is 1.75. The van der Waals surface area contributed by atoms with E-state index >= 15 is 0 Å². The number of aromatic nitrogens is 2. The standard InChI is InChI=1S/C11H15N3O3/c1-16-10(17-2)6-14-9-5-7(12)3-4-8(9)13-11(14)15/h3-5,10H,6,12H2,1-2H3,(H,13,15). The van der Waals surface area contributed by atoms with Gasteiger partial charge in [-0.2, -0.15) is 0 Å². The van der Waals surface area contributed by atoms with Crippen molar-refractivity contribution in [1.82, 2.24) is 9.55 Å². The average Bonchev–Trinajstić information content (AvgIpc) is 2.62. The minimum absolute atomic E-state index is 0.204. The van der Waals surface area contributed by atoms with Gasteiger partial charge in [-0.25, -0.2) is 4.79 Å². The van der Waals surface area contributed by atoms with Gasteiger partial charge in [0.1, 0.15) is 0 Å². The topological polar surface area (TPSA) is 82.3 Å². The van der Waals surface area contributed by atoms with E-state index in [9.17, 15) is 4.79 Å². The van der Waals surface area contributed by atoms with E-state index in [1.165, 1.54) is 14.2 Å². The van der Waals surface area contributed by atoms with Crippen molar-refractivity contribution in [1.29, 1.82) is 0 Å². The minimum atomic E-state index is -0.465. The third-order valence-electron chi connectivity index (χ3n) is 2.66. The van der Waals surface area contributed by atoms with Gasteiger partial charge < -0.3 is 20.2 Å². The molecule has 92 valence electrons. The van der Waals surface area contributed by atoms with Gasteiger partial charge in [0, 0.05) is 19.9 Å². The number of nitrogen functional groups attached to an aromatic ring is 1. The highest BCUT2D eigenvalue weighted by atomic mass is 16.7. The lowest BCUT2D eigenvalue weighted by molar-refractivity contribution is -0.110. The van der Waals surface area contributed by atoms with Gasteiger partial charge in [-0.05, 0) is 18.2 Å². The maximum atomic E-state index is 11.8. The molecule has 17 heavy (non-hydrogen) atoms. The molecule has 1 aromatic heterocycles. The number of anilines is 1. The predicted octanol–water partition coefficient (Wildman–Crippen LogP) is 0.531. The number of fused-ring (bicyclic) bond motifs is 1. The number of hydrogen-bond donors (Lipinski definition) is 2. The molecule has 0 atom stereocenters. The zero-order valence-electron chi connectivity index (χ0n) is 9.77. The van der Waals surface area contributed by atoms with Crippen molar-refractivity contribution < 1.29 is 9.47 Å². The van der Waals surface area contributed by atoms with Gasteiger partial charge in [0.05, 0.1) is 17.6 Å². The number of nitrogens with two attached hydrogens (primary N) is 1. The van der Waals surface area contributed by atoms with Crippen LogP contribution in [0, 0.1) is 0 Å². The second-order valence-electron chi connectivity index (χ2n) is 3.72. The molecule has 1 heterocycles. The highest BCUT2D eigenvalue weighted by Crippen LogP contribution is 2.14. The average molecular weight is 237 g/mol. The van der Waals surface area contributed by atoms with Crippen LogP contribution in [-0.2, 0) is 16.0 Å². The molecule has 0 fully saturated rings. The molecule has 0 saturated heterocycles. The number of ether oxygens (including phenoxy) is 2. The van der Waals surface area contributed by atoms with Crippen LogP contribution < -0.4 is 11.4 Å². The van der Waals surface area contributed by atoms with Crippen molar-refractivity contribution in [2.75, 3.05) is 20.0 Å². The molecule has 0 saturated carbocycles. The van der Waals surface area contributed by atoms with Gasteiger partial charge in [-0.3, -0.25) is 4.57 Å². The summed E-state index contributed by atoms with van der Waals surface area (Å²) in [6.45, 7) is 0.315. The van der Waals surface area contributed by atoms with E-state index in [0.717, 1.165) is 11.0 Å².